The Balaban J connectivity index is 1.57. The molecule has 2 aromatic carbocycles. The fraction of sp³-hybridized carbons (Fsp3) is 0.500. The van der Waals surface area contributed by atoms with Crippen LogP contribution in [0.4, 0.5) is 0 Å². The first-order valence-corrected chi connectivity index (χ1v) is 12.7. The van der Waals surface area contributed by atoms with Crippen LogP contribution in [0.5, 0.6) is 5.75 Å². The van der Waals surface area contributed by atoms with E-state index in [1.807, 2.05) is 19.1 Å². The number of thiol groups is 1. The Morgan fingerprint density at radius 3 is 2.18 bits per heavy atom. The summed E-state index contributed by atoms with van der Waals surface area (Å²) < 4.78 is 17.2. The van der Waals surface area contributed by atoms with Gasteiger partial charge >= 0.3 is 6.48 Å². The zero-order valence-corrected chi connectivity index (χ0v) is 20.7. The van der Waals surface area contributed by atoms with Gasteiger partial charge in [0.15, 0.2) is 5.78 Å². The molecular weight excluding hydrogens is 448 g/mol. The number of ether oxygens (including phenoxy) is 3. The quantitative estimate of drug-likeness (QED) is 0.279. The zero-order valence-electron chi connectivity index (χ0n) is 19.8. The highest BCUT2D eigenvalue weighted by molar-refractivity contribution is 7.97. The van der Waals surface area contributed by atoms with E-state index in [0.717, 1.165) is 48.3 Å². The molecule has 1 atom stereocenters. The first-order chi connectivity index (χ1) is 16.4. The summed E-state index contributed by atoms with van der Waals surface area (Å²) in [5.41, 5.74) is 2.34. The molecule has 0 heterocycles. The van der Waals surface area contributed by atoms with E-state index in [1.54, 1.807) is 37.4 Å². The van der Waals surface area contributed by atoms with Crippen molar-refractivity contribution in [2.24, 2.45) is 17.8 Å². The summed E-state index contributed by atoms with van der Waals surface area (Å²) >= 11 is 3.97. The molecule has 6 heteroatoms. The van der Waals surface area contributed by atoms with E-state index in [4.69, 9.17) is 14.2 Å². The lowest BCUT2D eigenvalue weighted by Gasteiger charge is -2.57. The molecule has 4 bridgehead atoms. The maximum absolute atomic E-state index is 13.6. The monoisotopic (exact) mass is 480 g/mol. The van der Waals surface area contributed by atoms with Gasteiger partial charge in [0.25, 0.3) is 0 Å². The zero-order chi connectivity index (χ0) is 23.9. The molecular formula is C28H32O5S. The minimum atomic E-state index is -0.804. The Hall–Kier alpha value is -2.15. The SMILES string of the molecule is CCOC(OC)Oc1ccc(C(=O)c2ccccc2C(=O)S)cc1C12CC3CC(CC(C3)C1)C2. The highest BCUT2D eigenvalue weighted by atomic mass is 32.1. The van der Waals surface area contributed by atoms with Crippen molar-refractivity contribution in [3.8, 4) is 5.75 Å². The summed E-state index contributed by atoms with van der Waals surface area (Å²) in [6.45, 7) is 1.56. The highest BCUT2D eigenvalue weighted by Gasteiger charge is 2.52. The van der Waals surface area contributed by atoms with Crippen LogP contribution in [-0.4, -0.2) is 31.1 Å². The van der Waals surface area contributed by atoms with Crippen LogP contribution >= 0.6 is 12.6 Å². The molecule has 1 unspecified atom stereocenters. The van der Waals surface area contributed by atoms with Gasteiger partial charge in [-0.1, -0.05) is 18.2 Å². The number of carbonyl (C=O) groups excluding carboxylic acids is 2. The third kappa shape index (κ3) is 4.32. The standard InChI is InChI=1S/C28H32O5S/c1-3-32-27(31-2)33-24-9-8-20(25(29)21-6-4-5-7-22(21)26(30)34)13-23(24)28-14-17-10-18(15-28)12-19(11-17)16-28/h4-9,13,17-19,27H,3,10-12,14-16H2,1-2H3,(H,30,34). The Morgan fingerprint density at radius 1 is 1.00 bits per heavy atom. The minimum absolute atomic E-state index is 0.00373. The van der Waals surface area contributed by atoms with Gasteiger partial charge in [0.1, 0.15) is 5.75 Å². The molecule has 6 rings (SSSR count). The van der Waals surface area contributed by atoms with Crippen molar-refractivity contribution in [2.75, 3.05) is 13.7 Å². The summed E-state index contributed by atoms with van der Waals surface area (Å²) in [6.07, 6.45) is 7.36. The molecule has 4 aliphatic rings. The molecule has 2 aromatic rings. The molecule has 0 aromatic heterocycles. The van der Waals surface area contributed by atoms with Crippen LogP contribution in [0, 0.1) is 17.8 Å². The van der Waals surface area contributed by atoms with Crippen LogP contribution in [0.15, 0.2) is 42.5 Å². The van der Waals surface area contributed by atoms with Gasteiger partial charge in [0.05, 0.1) is 6.61 Å². The summed E-state index contributed by atoms with van der Waals surface area (Å²) in [6, 6.07) is 12.5. The molecule has 4 fully saturated rings. The molecule has 5 nitrogen and oxygen atoms in total. The smallest absolute Gasteiger partial charge is 0.315 e. The van der Waals surface area contributed by atoms with E-state index in [-0.39, 0.29) is 11.2 Å². The lowest BCUT2D eigenvalue weighted by Crippen LogP contribution is -2.48. The second-order valence-corrected chi connectivity index (χ2v) is 10.6. The van der Waals surface area contributed by atoms with Crippen molar-refractivity contribution < 1.29 is 23.8 Å². The predicted molar refractivity (Wildman–Crippen MR) is 133 cm³/mol. The molecule has 0 saturated heterocycles. The number of carbonyl (C=O) groups is 2. The van der Waals surface area contributed by atoms with Crippen LogP contribution in [0.25, 0.3) is 0 Å². The number of benzene rings is 2. The van der Waals surface area contributed by atoms with Gasteiger partial charge in [-0.25, -0.2) is 0 Å². The van der Waals surface area contributed by atoms with Crippen LogP contribution in [0.3, 0.4) is 0 Å². The van der Waals surface area contributed by atoms with Crippen molar-refractivity contribution in [3.05, 3.63) is 64.7 Å². The third-order valence-corrected chi connectivity index (χ3v) is 8.21. The Labute approximate surface area is 206 Å². The average molecular weight is 481 g/mol. The van der Waals surface area contributed by atoms with E-state index < -0.39 is 11.6 Å². The maximum atomic E-state index is 13.6. The lowest BCUT2D eigenvalue weighted by molar-refractivity contribution is -0.231. The molecule has 180 valence electrons. The fourth-order valence-electron chi connectivity index (χ4n) is 7.04. The van der Waals surface area contributed by atoms with Crippen LogP contribution < -0.4 is 4.74 Å². The first kappa shape index (κ1) is 23.6. The molecule has 4 aliphatic carbocycles. The van der Waals surface area contributed by atoms with E-state index in [0.29, 0.717) is 23.3 Å². The molecule has 34 heavy (non-hydrogen) atoms. The number of ketones is 1. The van der Waals surface area contributed by atoms with Gasteiger partial charge in [0.2, 0.25) is 5.12 Å². The fourth-order valence-corrected chi connectivity index (χ4v) is 7.24. The molecule has 0 radical (unpaired) electrons. The largest absolute Gasteiger partial charge is 0.441 e. The minimum Gasteiger partial charge on any atom is -0.441 e. The van der Waals surface area contributed by atoms with E-state index in [9.17, 15) is 9.59 Å². The van der Waals surface area contributed by atoms with Crippen LogP contribution in [-0.2, 0) is 14.9 Å². The number of rotatable bonds is 9. The summed E-state index contributed by atoms with van der Waals surface area (Å²) in [4.78, 5) is 25.6. The van der Waals surface area contributed by atoms with Gasteiger partial charge in [0, 0.05) is 29.4 Å². The number of hydrogen-bond acceptors (Lipinski definition) is 5. The lowest BCUT2D eigenvalue weighted by atomic mass is 9.48. The molecule has 0 amide bonds. The maximum Gasteiger partial charge on any atom is 0.315 e. The van der Waals surface area contributed by atoms with E-state index in [1.165, 1.54) is 19.3 Å². The summed E-state index contributed by atoms with van der Waals surface area (Å²) in [7, 11) is 1.56. The molecule has 0 N–H and O–H groups in total. The van der Waals surface area contributed by atoms with Gasteiger partial charge in [-0.2, -0.15) is 0 Å². The van der Waals surface area contributed by atoms with Gasteiger partial charge in [-0.15, -0.1) is 12.6 Å². The number of methoxy groups -OCH3 is 1. The van der Waals surface area contributed by atoms with Crippen LogP contribution in [0.1, 0.15) is 77.3 Å². The normalized spacial score (nSPS) is 28.0. The van der Waals surface area contributed by atoms with Gasteiger partial charge in [-0.3, -0.25) is 9.59 Å². The van der Waals surface area contributed by atoms with Gasteiger partial charge in [-0.05, 0) is 92.9 Å². The molecule has 0 spiro atoms. The Morgan fingerprint density at radius 2 is 1.62 bits per heavy atom. The van der Waals surface area contributed by atoms with Crippen molar-refractivity contribution in [1.29, 1.82) is 0 Å². The summed E-state index contributed by atoms with van der Waals surface area (Å²) in [5, 5.41) is -0.412. The second-order valence-electron chi connectivity index (χ2n) is 10.2. The molecule has 4 saturated carbocycles. The molecule has 0 aliphatic heterocycles. The summed E-state index contributed by atoms with van der Waals surface area (Å²) in [5.74, 6) is 2.77. The first-order valence-electron chi connectivity index (χ1n) is 12.2. The van der Waals surface area contributed by atoms with E-state index in [2.05, 4.69) is 12.6 Å². The van der Waals surface area contributed by atoms with Crippen molar-refractivity contribution in [2.45, 2.75) is 57.3 Å². The Bertz CT molecular complexity index is 1060. The van der Waals surface area contributed by atoms with E-state index >= 15 is 0 Å². The highest BCUT2D eigenvalue weighted by Crippen LogP contribution is 2.62. The predicted octanol–water partition coefficient (Wildman–Crippen LogP) is 5.80. The third-order valence-electron chi connectivity index (χ3n) is 7.97. The van der Waals surface area contributed by atoms with Crippen molar-refractivity contribution in [1.82, 2.24) is 0 Å². The van der Waals surface area contributed by atoms with Crippen LogP contribution in [0.2, 0.25) is 0 Å². The van der Waals surface area contributed by atoms with Gasteiger partial charge < -0.3 is 14.2 Å². The van der Waals surface area contributed by atoms with Crippen molar-refractivity contribution in [3.63, 3.8) is 0 Å². The average Bonchev–Trinajstić information content (AvgIpc) is 2.82. The van der Waals surface area contributed by atoms with Crippen molar-refractivity contribution >= 4 is 23.5 Å². The number of hydrogen-bond donors (Lipinski definition) is 1. The topological polar surface area (TPSA) is 61.8 Å². The Kier molecular flexibility index (Phi) is 6.58. The second kappa shape index (κ2) is 9.48.